The molecular formula is C23H22FNO4S. The van der Waals surface area contributed by atoms with Gasteiger partial charge in [0.15, 0.2) is 17.7 Å². The molecule has 0 aliphatic carbocycles. The van der Waals surface area contributed by atoms with Crippen molar-refractivity contribution in [3.63, 3.8) is 0 Å². The van der Waals surface area contributed by atoms with Gasteiger partial charge in [0.25, 0.3) is 5.91 Å². The van der Waals surface area contributed by atoms with Crippen LogP contribution in [-0.4, -0.2) is 24.6 Å². The number of para-hydroxylation sites is 1. The highest BCUT2D eigenvalue weighted by molar-refractivity contribution is 7.15. The molecule has 0 saturated carbocycles. The Hall–Kier alpha value is -3.19. The number of hydrogen-bond acceptors (Lipinski definition) is 5. The summed E-state index contributed by atoms with van der Waals surface area (Å²) in [6.07, 6.45) is -0.970. The Labute approximate surface area is 178 Å². The van der Waals surface area contributed by atoms with Gasteiger partial charge in [-0.2, -0.15) is 0 Å². The fourth-order valence-electron chi connectivity index (χ4n) is 2.80. The molecule has 3 aromatic rings. The lowest BCUT2D eigenvalue weighted by molar-refractivity contribution is -0.122. The second kappa shape index (κ2) is 9.54. The Kier molecular flexibility index (Phi) is 6.84. The number of benzene rings is 2. The van der Waals surface area contributed by atoms with Gasteiger partial charge < -0.3 is 14.8 Å². The standard InChI is InChI=1S/C23H22FNO4S/c1-4-28-23(27)20-17(16-11-9-14(2)10-12-16)13-30-22(20)25-21(26)15(3)29-19-8-6-5-7-18(19)24/h5-13,15H,4H2,1-3H3,(H,25,26)/t15-/m1/s1. The minimum Gasteiger partial charge on any atom is -0.478 e. The third-order valence-electron chi connectivity index (χ3n) is 4.38. The summed E-state index contributed by atoms with van der Waals surface area (Å²) in [5, 5.41) is 4.88. The molecule has 0 aliphatic heterocycles. The van der Waals surface area contributed by atoms with Crippen molar-refractivity contribution in [2.24, 2.45) is 0 Å². The highest BCUT2D eigenvalue weighted by Gasteiger charge is 2.25. The monoisotopic (exact) mass is 427 g/mol. The molecule has 156 valence electrons. The number of nitrogens with one attached hydrogen (secondary N) is 1. The van der Waals surface area contributed by atoms with E-state index in [1.807, 2.05) is 31.2 Å². The van der Waals surface area contributed by atoms with Crippen LogP contribution in [0.1, 0.15) is 29.8 Å². The average Bonchev–Trinajstić information content (AvgIpc) is 3.14. The first kappa shape index (κ1) is 21.5. The van der Waals surface area contributed by atoms with E-state index in [1.165, 1.54) is 36.5 Å². The van der Waals surface area contributed by atoms with E-state index in [4.69, 9.17) is 9.47 Å². The Morgan fingerprint density at radius 2 is 1.83 bits per heavy atom. The second-order valence-electron chi connectivity index (χ2n) is 6.62. The van der Waals surface area contributed by atoms with Crippen LogP contribution in [0.5, 0.6) is 5.75 Å². The number of halogens is 1. The summed E-state index contributed by atoms with van der Waals surface area (Å²) in [5.41, 5.74) is 2.91. The van der Waals surface area contributed by atoms with Crippen LogP contribution in [0.15, 0.2) is 53.9 Å². The van der Waals surface area contributed by atoms with Gasteiger partial charge in [-0.05, 0) is 38.5 Å². The van der Waals surface area contributed by atoms with Crippen LogP contribution in [0.2, 0.25) is 0 Å². The normalized spacial score (nSPS) is 11.6. The number of hydrogen-bond donors (Lipinski definition) is 1. The zero-order valence-corrected chi connectivity index (χ0v) is 17.7. The molecule has 30 heavy (non-hydrogen) atoms. The van der Waals surface area contributed by atoms with Gasteiger partial charge in [-0.3, -0.25) is 4.79 Å². The quantitative estimate of drug-likeness (QED) is 0.510. The van der Waals surface area contributed by atoms with Crippen LogP contribution in [0.25, 0.3) is 11.1 Å². The maximum Gasteiger partial charge on any atom is 0.341 e. The summed E-state index contributed by atoms with van der Waals surface area (Å²) in [5.74, 6) is -1.59. The van der Waals surface area contributed by atoms with Gasteiger partial charge in [-0.25, -0.2) is 9.18 Å². The lowest BCUT2D eigenvalue weighted by atomic mass is 10.0. The summed E-state index contributed by atoms with van der Waals surface area (Å²) in [6, 6.07) is 13.6. The molecule has 0 spiro atoms. The maximum absolute atomic E-state index is 13.8. The SMILES string of the molecule is CCOC(=O)c1c(-c2ccc(C)cc2)csc1NC(=O)[C@@H](C)Oc1ccccc1F. The van der Waals surface area contributed by atoms with Crippen molar-refractivity contribution in [3.05, 3.63) is 70.9 Å². The number of thiophene rings is 1. The summed E-state index contributed by atoms with van der Waals surface area (Å²) in [7, 11) is 0. The molecule has 0 fully saturated rings. The predicted octanol–water partition coefficient (Wildman–Crippen LogP) is 5.45. The Bertz CT molecular complexity index is 1050. The van der Waals surface area contributed by atoms with E-state index < -0.39 is 23.8 Å². The van der Waals surface area contributed by atoms with E-state index in [0.717, 1.165) is 11.1 Å². The molecule has 0 aliphatic rings. The van der Waals surface area contributed by atoms with E-state index >= 15 is 0 Å². The molecule has 0 radical (unpaired) electrons. The van der Waals surface area contributed by atoms with Gasteiger partial charge in [0.05, 0.1) is 6.61 Å². The van der Waals surface area contributed by atoms with Gasteiger partial charge in [0.2, 0.25) is 0 Å². The van der Waals surface area contributed by atoms with Gasteiger partial charge in [-0.15, -0.1) is 11.3 Å². The molecule has 1 heterocycles. The zero-order chi connectivity index (χ0) is 21.7. The lowest BCUT2D eigenvalue weighted by Crippen LogP contribution is -2.30. The van der Waals surface area contributed by atoms with Gasteiger partial charge in [-0.1, -0.05) is 42.0 Å². The van der Waals surface area contributed by atoms with Crippen molar-refractivity contribution in [1.82, 2.24) is 0 Å². The summed E-state index contributed by atoms with van der Waals surface area (Å²) in [6.45, 7) is 5.42. The van der Waals surface area contributed by atoms with Crippen LogP contribution < -0.4 is 10.1 Å². The summed E-state index contributed by atoms with van der Waals surface area (Å²) < 4.78 is 24.4. The fourth-order valence-corrected chi connectivity index (χ4v) is 3.76. The maximum atomic E-state index is 13.8. The molecule has 5 nitrogen and oxygen atoms in total. The minimum atomic E-state index is -0.970. The van der Waals surface area contributed by atoms with Crippen LogP contribution in [0.3, 0.4) is 0 Å². The number of ether oxygens (including phenoxy) is 2. The van der Waals surface area contributed by atoms with Gasteiger partial charge in [0.1, 0.15) is 10.6 Å². The third kappa shape index (κ3) is 4.86. The van der Waals surface area contributed by atoms with Gasteiger partial charge >= 0.3 is 5.97 Å². The molecular weight excluding hydrogens is 405 g/mol. The first-order valence-corrected chi connectivity index (χ1v) is 10.4. The van der Waals surface area contributed by atoms with Crippen LogP contribution >= 0.6 is 11.3 Å². The molecule has 0 unspecified atom stereocenters. The van der Waals surface area contributed by atoms with E-state index in [9.17, 15) is 14.0 Å². The number of esters is 1. The van der Waals surface area contributed by atoms with E-state index in [1.54, 1.807) is 18.4 Å². The topological polar surface area (TPSA) is 64.6 Å². The Morgan fingerprint density at radius 3 is 2.50 bits per heavy atom. The van der Waals surface area contributed by atoms with Crippen molar-refractivity contribution >= 4 is 28.2 Å². The highest BCUT2D eigenvalue weighted by atomic mass is 32.1. The first-order valence-electron chi connectivity index (χ1n) is 9.48. The number of rotatable bonds is 7. The van der Waals surface area contributed by atoms with Crippen molar-refractivity contribution in [2.45, 2.75) is 26.9 Å². The number of carbonyl (C=O) groups excluding carboxylic acids is 2. The van der Waals surface area contributed by atoms with Crippen molar-refractivity contribution in [2.75, 3.05) is 11.9 Å². The third-order valence-corrected chi connectivity index (χ3v) is 5.27. The molecule has 1 aromatic heterocycles. The fraction of sp³-hybridized carbons (Fsp3) is 0.217. The van der Waals surface area contributed by atoms with Crippen LogP contribution in [-0.2, 0) is 9.53 Å². The molecule has 1 atom stereocenters. The summed E-state index contributed by atoms with van der Waals surface area (Å²) >= 11 is 1.22. The van der Waals surface area contributed by atoms with Gasteiger partial charge in [0, 0.05) is 10.9 Å². The minimum absolute atomic E-state index is 0.0164. The van der Waals surface area contributed by atoms with E-state index in [0.29, 0.717) is 10.6 Å². The number of aryl methyl sites for hydroxylation is 1. The molecule has 1 amide bonds. The smallest absolute Gasteiger partial charge is 0.341 e. The average molecular weight is 427 g/mol. The number of carbonyl (C=O) groups is 2. The number of amides is 1. The van der Waals surface area contributed by atoms with E-state index in [2.05, 4.69) is 5.32 Å². The highest BCUT2D eigenvalue weighted by Crippen LogP contribution is 2.36. The summed E-state index contributed by atoms with van der Waals surface area (Å²) in [4.78, 5) is 25.3. The molecule has 0 bridgehead atoms. The van der Waals surface area contributed by atoms with Crippen molar-refractivity contribution in [3.8, 4) is 16.9 Å². The first-order chi connectivity index (χ1) is 14.4. The molecule has 0 saturated heterocycles. The molecule has 3 rings (SSSR count). The van der Waals surface area contributed by atoms with Crippen molar-refractivity contribution < 1.29 is 23.5 Å². The lowest BCUT2D eigenvalue weighted by Gasteiger charge is -2.15. The second-order valence-corrected chi connectivity index (χ2v) is 7.50. The predicted molar refractivity (Wildman–Crippen MR) is 116 cm³/mol. The van der Waals surface area contributed by atoms with Crippen LogP contribution in [0.4, 0.5) is 9.39 Å². The Balaban J connectivity index is 1.86. The molecule has 7 heteroatoms. The molecule has 1 N–H and O–H groups in total. The Morgan fingerprint density at radius 1 is 1.13 bits per heavy atom. The largest absolute Gasteiger partial charge is 0.478 e. The van der Waals surface area contributed by atoms with Crippen LogP contribution in [0, 0.1) is 12.7 Å². The zero-order valence-electron chi connectivity index (χ0n) is 16.9. The number of anilines is 1. The van der Waals surface area contributed by atoms with Crippen molar-refractivity contribution in [1.29, 1.82) is 0 Å². The molecule has 2 aromatic carbocycles. The van der Waals surface area contributed by atoms with E-state index in [-0.39, 0.29) is 17.9 Å².